The molecule has 0 aromatic heterocycles. The number of rotatable bonds is 0. The number of benzene rings is 1. The van der Waals surface area contributed by atoms with Crippen LogP contribution in [0.5, 0.6) is 0 Å². The van der Waals surface area contributed by atoms with E-state index in [-0.39, 0.29) is 11.2 Å². The minimum atomic E-state index is -3.17. The van der Waals surface area contributed by atoms with Crippen LogP contribution in [0.15, 0.2) is 18.2 Å². The van der Waals surface area contributed by atoms with E-state index in [1.165, 1.54) is 17.5 Å². The third-order valence-electron chi connectivity index (χ3n) is 5.02. The van der Waals surface area contributed by atoms with Gasteiger partial charge in [-0.1, -0.05) is 17.7 Å². The molecule has 1 N–H and O–H groups in total. The van der Waals surface area contributed by atoms with Gasteiger partial charge < -0.3 is 0 Å². The molecule has 2 bridgehead atoms. The van der Waals surface area contributed by atoms with E-state index in [1.807, 2.05) is 12.1 Å². The number of fused-ring (bicyclic) bond motifs is 7. The molecule has 2 aliphatic carbocycles. The predicted octanol–water partition coefficient (Wildman–Crippen LogP) is 2.63. The van der Waals surface area contributed by atoms with Gasteiger partial charge in [-0.05, 0) is 49.7 Å². The Bertz CT molecular complexity index is 623. The summed E-state index contributed by atoms with van der Waals surface area (Å²) in [6, 6.07) is 6.08. The fourth-order valence-electron chi connectivity index (χ4n) is 4.39. The molecule has 4 heteroatoms. The molecule has 18 heavy (non-hydrogen) atoms. The van der Waals surface area contributed by atoms with Crippen LogP contribution < -0.4 is 4.72 Å². The Kier molecular flexibility index (Phi) is 1.99. The van der Waals surface area contributed by atoms with Crippen molar-refractivity contribution < 1.29 is 8.42 Å². The summed E-state index contributed by atoms with van der Waals surface area (Å²) in [4.78, 5) is 0. The molecular weight excluding hydrogens is 246 g/mol. The quantitative estimate of drug-likeness (QED) is 0.782. The number of hydrogen-bond acceptors (Lipinski definition) is 2. The first-order valence-corrected chi connectivity index (χ1v) is 8.23. The molecule has 4 atom stereocenters. The Labute approximate surface area is 108 Å². The normalized spacial score (nSPS) is 38.9. The van der Waals surface area contributed by atoms with Gasteiger partial charge in [-0.25, -0.2) is 8.42 Å². The van der Waals surface area contributed by atoms with Crippen LogP contribution in [-0.2, 0) is 10.0 Å². The molecule has 1 aliphatic heterocycles. The Morgan fingerprint density at radius 1 is 1.22 bits per heavy atom. The molecule has 0 amide bonds. The molecule has 3 aliphatic rings. The third-order valence-corrected chi connectivity index (χ3v) is 6.92. The zero-order valence-corrected chi connectivity index (χ0v) is 11.2. The van der Waals surface area contributed by atoms with Crippen molar-refractivity contribution in [2.45, 2.75) is 37.4 Å². The molecule has 4 unspecified atom stereocenters. The average Bonchev–Trinajstić information content (AvgIpc) is 2.90. The van der Waals surface area contributed by atoms with E-state index in [2.05, 4.69) is 17.7 Å². The van der Waals surface area contributed by atoms with Crippen molar-refractivity contribution in [3.05, 3.63) is 29.3 Å². The highest BCUT2D eigenvalue weighted by atomic mass is 32.2. The molecule has 0 radical (unpaired) electrons. The Hall–Kier alpha value is -1.03. The van der Waals surface area contributed by atoms with Gasteiger partial charge >= 0.3 is 0 Å². The summed E-state index contributed by atoms with van der Waals surface area (Å²) >= 11 is 0. The van der Waals surface area contributed by atoms with E-state index in [0.29, 0.717) is 11.8 Å². The number of anilines is 1. The maximum atomic E-state index is 12.4. The first-order valence-electron chi connectivity index (χ1n) is 6.68. The van der Waals surface area contributed by atoms with Crippen molar-refractivity contribution >= 4 is 15.7 Å². The van der Waals surface area contributed by atoms with Gasteiger partial charge in [-0.2, -0.15) is 0 Å². The summed E-state index contributed by atoms with van der Waals surface area (Å²) in [6.45, 7) is 2.07. The van der Waals surface area contributed by atoms with Gasteiger partial charge in [-0.3, -0.25) is 4.72 Å². The van der Waals surface area contributed by atoms with Crippen LogP contribution in [0.3, 0.4) is 0 Å². The second-order valence-corrected chi connectivity index (χ2v) is 7.90. The minimum absolute atomic E-state index is 0.175. The molecule has 96 valence electrons. The molecule has 0 spiro atoms. The standard InChI is InChI=1S/C14H17NO2S/c1-8-2-5-12-11(6-8)13-9-3-4-10(7-9)14(13)18(16,17)15-12/h2,5-6,9-10,13-15H,3-4,7H2,1H3. The Morgan fingerprint density at radius 3 is 2.83 bits per heavy atom. The molecule has 1 aromatic carbocycles. The van der Waals surface area contributed by atoms with Crippen LogP contribution in [0, 0.1) is 18.8 Å². The van der Waals surface area contributed by atoms with Crippen LogP contribution in [0.25, 0.3) is 0 Å². The first-order chi connectivity index (χ1) is 8.56. The summed E-state index contributed by atoms with van der Waals surface area (Å²) in [7, 11) is -3.17. The van der Waals surface area contributed by atoms with E-state index in [9.17, 15) is 8.42 Å². The Morgan fingerprint density at radius 2 is 2.00 bits per heavy atom. The number of hydrogen-bond donors (Lipinski definition) is 1. The molecular formula is C14H17NO2S. The summed E-state index contributed by atoms with van der Waals surface area (Å²) in [5, 5.41) is -0.175. The summed E-state index contributed by atoms with van der Waals surface area (Å²) < 4.78 is 27.6. The minimum Gasteiger partial charge on any atom is -0.283 e. The van der Waals surface area contributed by atoms with Crippen LogP contribution in [0.1, 0.15) is 36.3 Å². The summed E-state index contributed by atoms with van der Waals surface area (Å²) in [5.74, 6) is 1.20. The van der Waals surface area contributed by atoms with Gasteiger partial charge in [-0.15, -0.1) is 0 Å². The summed E-state index contributed by atoms with van der Waals surface area (Å²) in [5.41, 5.74) is 3.27. The third kappa shape index (κ3) is 1.27. The van der Waals surface area contributed by atoms with Crippen molar-refractivity contribution in [3.8, 4) is 0 Å². The van der Waals surface area contributed by atoms with Crippen molar-refractivity contribution in [3.63, 3.8) is 0 Å². The lowest BCUT2D eigenvalue weighted by Crippen LogP contribution is -2.41. The van der Waals surface area contributed by atoms with Crippen LogP contribution in [0.4, 0.5) is 5.69 Å². The lowest BCUT2D eigenvalue weighted by atomic mass is 9.81. The van der Waals surface area contributed by atoms with Gasteiger partial charge in [0.2, 0.25) is 10.0 Å². The molecule has 2 saturated carbocycles. The lowest BCUT2D eigenvalue weighted by molar-refractivity contribution is 0.411. The predicted molar refractivity (Wildman–Crippen MR) is 71.1 cm³/mol. The largest absolute Gasteiger partial charge is 0.283 e. The van der Waals surface area contributed by atoms with Gasteiger partial charge in [0.15, 0.2) is 0 Å². The molecule has 0 saturated heterocycles. The summed E-state index contributed by atoms with van der Waals surface area (Å²) in [6.07, 6.45) is 3.40. The van der Waals surface area contributed by atoms with Crippen molar-refractivity contribution in [2.24, 2.45) is 11.8 Å². The van der Waals surface area contributed by atoms with Gasteiger partial charge in [0.25, 0.3) is 0 Å². The van der Waals surface area contributed by atoms with Crippen LogP contribution in [-0.4, -0.2) is 13.7 Å². The molecule has 1 aromatic rings. The van der Waals surface area contributed by atoms with E-state index >= 15 is 0 Å². The molecule has 3 nitrogen and oxygen atoms in total. The fraction of sp³-hybridized carbons (Fsp3) is 0.571. The topological polar surface area (TPSA) is 46.2 Å². The van der Waals surface area contributed by atoms with Gasteiger partial charge in [0, 0.05) is 5.92 Å². The van der Waals surface area contributed by atoms with Gasteiger partial charge in [0.1, 0.15) is 0 Å². The smallest absolute Gasteiger partial charge is 0.236 e. The number of sulfonamides is 1. The van der Waals surface area contributed by atoms with Gasteiger partial charge in [0.05, 0.1) is 10.9 Å². The average molecular weight is 263 g/mol. The van der Waals surface area contributed by atoms with Crippen molar-refractivity contribution in [1.29, 1.82) is 0 Å². The molecule has 4 rings (SSSR count). The Balaban J connectivity index is 1.94. The van der Waals surface area contributed by atoms with E-state index in [4.69, 9.17) is 0 Å². The zero-order valence-electron chi connectivity index (χ0n) is 10.4. The van der Waals surface area contributed by atoms with Crippen molar-refractivity contribution in [1.82, 2.24) is 0 Å². The fourth-order valence-corrected chi connectivity index (χ4v) is 6.53. The second kappa shape index (κ2) is 3.29. The van der Waals surface area contributed by atoms with E-state index in [0.717, 1.165) is 18.5 Å². The first kappa shape index (κ1) is 10.9. The maximum absolute atomic E-state index is 12.4. The highest BCUT2D eigenvalue weighted by Gasteiger charge is 2.56. The highest BCUT2D eigenvalue weighted by Crippen LogP contribution is 2.58. The lowest BCUT2D eigenvalue weighted by Gasteiger charge is -2.36. The second-order valence-electron chi connectivity index (χ2n) is 6.06. The number of aryl methyl sites for hydroxylation is 1. The maximum Gasteiger partial charge on any atom is 0.236 e. The molecule has 2 fully saturated rings. The van der Waals surface area contributed by atoms with Crippen LogP contribution >= 0.6 is 0 Å². The van der Waals surface area contributed by atoms with E-state index in [1.54, 1.807) is 0 Å². The van der Waals surface area contributed by atoms with E-state index < -0.39 is 10.0 Å². The highest BCUT2D eigenvalue weighted by molar-refractivity contribution is 7.93. The van der Waals surface area contributed by atoms with Crippen molar-refractivity contribution in [2.75, 3.05) is 4.72 Å². The number of nitrogens with one attached hydrogen (secondary N) is 1. The zero-order chi connectivity index (χ0) is 12.5. The molecule has 1 heterocycles. The van der Waals surface area contributed by atoms with Crippen LogP contribution in [0.2, 0.25) is 0 Å². The monoisotopic (exact) mass is 263 g/mol. The SMILES string of the molecule is Cc1ccc2c(c1)C1C3CCC(C3)C1S(=O)(=O)N2.